The molecule has 0 atom stereocenters. The number of piperazine rings is 1. The van der Waals surface area contributed by atoms with E-state index in [1.54, 1.807) is 6.20 Å². The van der Waals surface area contributed by atoms with Gasteiger partial charge in [-0.05, 0) is 31.7 Å². The lowest BCUT2D eigenvalue weighted by Gasteiger charge is -2.40. The lowest BCUT2D eigenvalue weighted by molar-refractivity contribution is 0.0137. The van der Waals surface area contributed by atoms with Crippen LogP contribution in [0.3, 0.4) is 0 Å². The van der Waals surface area contributed by atoms with Crippen LogP contribution in [0.4, 0.5) is 0 Å². The van der Waals surface area contributed by atoms with Gasteiger partial charge in [0.25, 0.3) is 5.91 Å². The van der Waals surface area contributed by atoms with Crippen LogP contribution in [0.15, 0.2) is 18.6 Å². The summed E-state index contributed by atoms with van der Waals surface area (Å²) in [7, 11) is 0. The van der Waals surface area contributed by atoms with Gasteiger partial charge in [0, 0.05) is 57.7 Å². The third kappa shape index (κ3) is 3.42. The number of amides is 1. The van der Waals surface area contributed by atoms with Crippen LogP contribution < -0.4 is 0 Å². The summed E-state index contributed by atoms with van der Waals surface area (Å²) in [5.41, 5.74) is 2.40. The van der Waals surface area contributed by atoms with Gasteiger partial charge in [-0.2, -0.15) is 0 Å². The maximum absolute atomic E-state index is 13.0. The van der Waals surface area contributed by atoms with Gasteiger partial charge in [0.1, 0.15) is 5.52 Å². The minimum absolute atomic E-state index is 0.0800. The normalized spacial score (nSPS) is 22.9. The highest BCUT2D eigenvalue weighted by molar-refractivity contribution is 5.96. The Morgan fingerprint density at radius 2 is 1.71 bits per heavy atom. The minimum Gasteiger partial charge on any atom is -0.381 e. The van der Waals surface area contributed by atoms with E-state index in [4.69, 9.17) is 4.74 Å². The van der Waals surface area contributed by atoms with Gasteiger partial charge < -0.3 is 14.2 Å². The van der Waals surface area contributed by atoms with E-state index in [2.05, 4.69) is 19.4 Å². The molecule has 0 bridgehead atoms. The quantitative estimate of drug-likeness (QED) is 0.815. The van der Waals surface area contributed by atoms with Gasteiger partial charge in [-0.1, -0.05) is 12.8 Å². The van der Waals surface area contributed by atoms with Crippen molar-refractivity contribution in [2.45, 2.75) is 50.6 Å². The number of fused-ring (bicyclic) bond motifs is 1. The van der Waals surface area contributed by atoms with E-state index in [9.17, 15) is 4.79 Å². The first-order chi connectivity index (χ1) is 13.8. The largest absolute Gasteiger partial charge is 0.381 e. The lowest BCUT2D eigenvalue weighted by Crippen LogP contribution is -2.53. The molecule has 3 aliphatic rings. The Kier molecular flexibility index (Phi) is 5.03. The van der Waals surface area contributed by atoms with Gasteiger partial charge in [0.05, 0.1) is 11.9 Å². The molecule has 1 amide bonds. The zero-order chi connectivity index (χ0) is 18.9. The van der Waals surface area contributed by atoms with Crippen molar-refractivity contribution in [1.29, 1.82) is 0 Å². The molecule has 4 heterocycles. The number of ether oxygens (including phenoxy) is 1. The van der Waals surface area contributed by atoms with Crippen molar-refractivity contribution in [2.24, 2.45) is 0 Å². The summed E-state index contributed by atoms with van der Waals surface area (Å²) in [4.78, 5) is 26.6. The second kappa shape index (κ2) is 7.79. The fourth-order valence-electron chi connectivity index (χ4n) is 5.01. The second-order valence-corrected chi connectivity index (χ2v) is 8.33. The summed E-state index contributed by atoms with van der Waals surface area (Å²) in [6.07, 6.45) is 10.8. The van der Waals surface area contributed by atoms with Crippen molar-refractivity contribution >= 4 is 17.1 Å². The molecule has 0 unspecified atom stereocenters. The monoisotopic (exact) mass is 383 g/mol. The highest BCUT2D eigenvalue weighted by Gasteiger charge is 2.28. The number of hydrogen-bond acceptors (Lipinski definition) is 5. The number of carbonyl (C=O) groups excluding carboxylic acids is 1. The number of nitrogens with zero attached hydrogens (tertiary/aromatic N) is 5. The first-order valence-electron chi connectivity index (χ1n) is 10.7. The maximum Gasteiger partial charge on any atom is 0.255 e. The molecule has 0 spiro atoms. The summed E-state index contributed by atoms with van der Waals surface area (Å²) in [5, 5.41) is 0. The van der Waals surface area contributed by atoms with E-state index < -0.39 is 0 Å². The van der Waals surface area contributed by atoms with Crippen LogP contribution in [-0.2, 0) is 4.74 Å². The molecule has 5 rings (SSSR count). The van der Waals surface area contributed by atoms with Crippen LogP contribution in [0, 0.1) is 0 Å². The summed E-state index contributed by atoms with van der Waals surface area (Å²) in [5.74, 6) is 0.0800. The minimum atomic E-state index is 0.0800. The number of hydrogen-bond donors (Lipinski definition) is 0. The predicted molar refractivity (Wildman–Crippen MR) is 106 cm³/mol. The molecule has 150 valence electrons. The Labute approximate surface area is 165 Å². The first-order valence-corrected chi connectivity index (χ1v) is 10.7. The summed E-state index contributed by atoms with van der Waals surface area (Å²) < 4.78 is 7.67. The summed E-state index contributed by atoms with van der Waals surface area (Å²) in [6.45, 7) is 5.19. The molecule has 3 fully saturated rings. The topological polar surface area (TPSA) is 63.5 Å². The third-order valence-corrected chi connectivity index (χ3v) is 6.69. The van der Waals surface area contributed by atoms with Crippen molar-refractivity contribution in [3.05, 3.63) is 24.2 Å². The van der Waals surface area contributed by atoms with Crippen LogP contribution >= 0.6 is 0 Å². The van der Waals surface area contributed by atoms with Gasteiger partial charge in [-0.25, -0.2) is 9.97 Å². The Hall–Kier alpha value is -1.99. The molecule has 0 N–H and O–H groups in total. The van der Waals surface area contributed by atoms with Crippen molar-refractivity contribution in [1.82, 2.24) is 24.3 Å². The molecule has 28 heavy (non-hydrogen) atoms. The van der Waals surface area contributed by atoms with Crippen molar-refractivity contribution < 1.29 is 9.53 Å². The molecule has 0 radical (unpaired) electrons. The maximum atomic E-state index is 13.0. The molecule has 0 aromatic carbocycles. The Balaban J connectivity index is 1.26. The molecule has 2 saturated heterocycles. The number of carbonyl (C=O) groups is 1. The van der Waals surface area contributed by atoms with Crippen LogP contribution in [0.2, 0.25) is 0 Å². The molecule has 2 aromatic heterocycles. The SMILES string of the molecule is O=C(c1cnc2c(c1)ncn2C1CCCC1)N1CCN(C2CCOCC2)CC1. The van der Waals surface area contributed by atoms with Gasteiger partial charge in [0.2, 0.25) is 0 Å². The van der Waals surface area contributed by atoms with Crippen molar-refractivity contribution in [3.63, 3.8) is 0 Å². The average molecular weight is 383 g/mol. The highest BCUT2D eigenvalue weighted by Crippen LogP contribution is 2.31. The molecule has 7 nitrogen and oxygen atoms in total. The number of rotatable bonds is 3. The molecule has 2 aliphatic heterocycles. The van der Waals surface area contributed by atoms with Crippen molar-refractivity contribution in [3.8, 4) is 0 Å². The van der Waals surface area contributed by atoms with Gasteiger partial charge in [-0.15, -0.1) is 0 Å². The fraction of sp³-hybridized carbons (Fsp3) is 0.667. The zero-order valence-electron chi connectivity index (χ0n) is 16.4. The van der Waals surface area contributed by atoms with E-state index in [-0.39, 0.29) is 5.91 Å². The first kappa shape index (κ1) is 18.1. The van der Waals surface area contributed by atoms with Gasteiger partial charge in [-0.3, -0.25) is 9.69 Å². The van der Waals surface area contributed by atoms with Crippen LogP contribution in [0.5, 0.6) is 0 Å². The molecule has 1 saturated carbocycles. The van der Waals surface area contributed by atoms with E-state index in [1.807, 2.05) is 17.3 Å². The summed E-state index contributed by atoms with van der Waals surface area (Å²) in [6, 6.07) is 3.04. The third-order valence-electron chi connectivity index (χ3n) is 6.69. The summed E-state index contributed by atoms with van der Waals surface area (Å²) >= 11 is 0. The second-order valence-electron chi connectivity index (χ2n) is 8.33. The molecule has 1 aliphatic carbocycles. The highest BCUT2D eigenvalue weighted by atomic mass is 16.5. The van der Waals surface area contributed by atoms with E-state index in [1.165, 1.54) is 25.7 Å². The molecular formula is C21H29N5O2. The van der Waals surface area contributed by atoms with E-state index in [0.717, 1.165) is 63.4 Å². The average Bonchev–Trinajstić information content (AvgIpc) is 3.43. The van der Waals surface area contributed by atoms with Crippen LogP contribution in [0.1, 0.15) is 54.9 Å². The van der Waals surface area contributed by atoms with Gasteiger partial charge >= 0.3 is 0 Å². The Bertz CT molecular complexity index is 830. The lowest BCUT2D eigenvalue weighted by atomic mass is 10.1. The molecular weight excluding hydrogens is 354 g/mol. The number of aromatic nitrogens is 3. The van der Waals surface area contributed by atoms with Crippen molar-refractivity contribution in [2.75, 3.05) is 39.4 Å². The number of imidazole rings is 1. The fourth-order valence-corrected chi connectivity index (χ4v) is 5.01. The predicted octanol–water partition coefficient (Wildman–Crippen LogP) is 2.48. The van der Waals surface area contributed by atoms with E-state index in [0.29, 0.717) is 17.6 Å². The standard InChI is InChI=1S/C21H29N5O2/c27-21(25-9-7-24(8-10-25)17-5-11-28-12-6-17)16-13-19-20(22-14-16)26(15-23-19)18-3-1-2-4-18/h13-15,17-18H,1-12H2. The zero-order valence-corrected chi connectivity index (χ0v) is 16.4. The smallest absolute Gasteiger partial charge is 0.255 e. The number of pyridine rings is 1. The Morgan fingerprint density at radius 1 is 0.964 bits per heavy atom. The van der Waals surface area contributed by atoms with E-state index >= 15 is 0 Å². The molecule has 7 heteroatoms. The van der Waals surface area contributed by atoms with Crippen LogP contribution in [-0.4, -0.2) is 75.7 Å². The van der Waals surface area contributed by atoms with Crippen LogP contribution in [0.25, 0.3) is 11.2 Å². The van der Waals surface area contributed by atoms with Gasteiger partial charge in [0.15, 0.2) is 5.65 Å². The Morgan fingerprint density at radius 3 is 2.46 bits per heavy atom. The molecule has 2 aromatic rings.